The van der Waals surface area contributed by atoms with Crippen molar-refractivity contribution in [1.29, 1.82) is 0 Å². The fourth-order valence-corrected chi connectivity index (χ4v) is 15.1. The highest BCUT2D eigenvalue weighted by atomic mass is 28.3. The Morgan fingerprint density at radius 2 is 1.20 bits per heavy atom. The van der Waals surface area contributed by atoms with E-state index in [1.807, 2.05) is 20.8 Å². The Hall–Kier alpha value is -1.76. The van der Waals surface area contributed by atoms with Crippen LogP contribution in [-0.4, -0.2) is 58.5 Å². The molecule has 2 unspecified atom stereocenters. The third-order valence-corrected chi connectivity index (χ3v) is 18.7. The maximum atomic E-state index is 12.0. The normalized spacial score (nSPS) is 29.2. The number of allylic oxidation sites excluding steroid dienone is 6. The summed E-state index contributed by atoms with van der Waals surface area (Å²) in [6.07, 6.45) is 17.5. The molecule has 0 aromatic carbocycles. The summed E-state index contributed by atoms with van der Waals surface area (Å²) in [5.41, 5.74) is 0. The van der Waals surface area contributed by atoms with Crippen molar-refractivity contribution in [1.82, 2.24) is 0 Å². The first-order valence-corrected chi connectivity index (χ1v) is 20.8. The molecule has 0 radical (unpaired) electrons. The zero-order valence-electron chi connectivity index (χ0n) is 28.9. The van der Waals surface area contributed by atoms with Crippen molar-refractivity contribution in [3.8, 4) is 0 Å². The van der Waals surface area contributed by atoms with Gasteiger partial charge in [0.1, 0.15) is 0 Å². The van der Waals surface area contributed by atoms with E-state index in [4.69, 9.17) is 18.0 Å². The van der Waals surface area contributed by atoms with Crippen LogP contribution in [0.5, 0.6) is 0 Å². The number of ether oxygens (including phenoxy) is 1. The molecule has 2 fully saturated rings. The van der Waals surface area contributed by atoms with Crippen molar-refractivity contribution in [3.05, 3.63) is 35.5 Å². The lowest BCUT2D eigenvalue weighted by Gasteiger charge is -2.58. The van der Waals surface area contributed by atoms with E-state index in [0.29, 0.717) is 35.7 Å². The Morgan fingerprint density at radius 3 is 1.66 bits per heavy atom. The average molecular weight is 665 g/mol. The molecule has 44 heavy (non-hydrogen) atoms. The number of ketones is 3. The third-order valence-electron chi connectivity index (χ3n) is 9.59. The number of rotatable bonds is 19. The Kier molecular flexibility index (Phi) is 16.6. The average Bonchev–Trinajstić information content (AvgIpc) is 2.95. The molecular formula is C34H60O7Si3. The Morgan fingerprint density at radius 1 is 0.705 bits per heavy atom. The van der Waals surface area contributed by atoms with Crippen LogP contribution in [0.4, 0.5) is 0 Å². The van der Waals surface area contributed by atoms with Crippen molar-refractivity contribution in [2.45, 2.75) is 136 Å². The zero-order valence-corrected chi connectivity index (χ0v) is 33.2. The number of carbonyl (C=O) groups excluding carboxylic acids is 3. The van der Waals surface area contributed by atoms with E-state index in [-0.39, 0.29) is 22.0 Å². The minimum Gasteiger partial charge on any atom is -0.552 e. The minimum atomic E-state index is -1.38. The SMILES string of the molecule is CCCC[C@H]1CC[C@H](C2CCCC(OCCC)([SiH2]OC(C)=CC(C)=O)C2([SiH2]OC(C)=CC(C)=O)[SiH2]OC(C)=CC(C)=O)CC1. The van der Waals surface area contributed by atoms with Gasteiger partial charge in [0.2, 0.25) is 19.5 Å². The highest BCUT2D eigenvalue weighted by Gasteiger charge is 2.63. The van der Waals surface area contributed by atoms with Gasteiger partial charge in [-0.2, -0.15) is 0 Å². The first-order chi connectivity index (χ1) is 20.9. The molecule has 0 amide bonds. The lowest BCUT2D eigenvalue weighted by molar-refractivity contribution is -0.113. The molecule has 0 aromatic heterocycles. The lowest BCUT2D eigenvalue weighted by atomic mass is 9.69. The molecule has 2 saturated carbocycles. The summed E-state index contributed by atoms with van der Waals surface area (Å²) in [6, 6.07) is 0. The van der Waals surface area contributed by atoms with Gasteiger partial charge in [-0.3, -0.25) is 14.4 Å². The second kappa shape index (κ2) is 19.0. The van der Waals surface area contributed by atoms with Gasteiger partial charge < -0.3 is 18.0 Å². The number of hydrogen-bond acceptors (Lipinski definition) is 7. The minimum absolute atomic E-state index is 0.0268. The summed E-state index contributed by atoms with van der Waals surface area (Å²) < 4.78 is 26.7. The summed E-state index contributed by atoms with van der Waals surface area (Å²) in [6.45, 7) is 15.3. The van der Waals surface area contributed by atoms with Crippen LogP contribution in [0.25, 0.3) is 0 Å². The Labute approximate surface area is 274 Å². The van der Waals surface area contributed by atoms with Crippen molar-refractivity contribution < 1.29 is 32.4 Å². The molecule has 0 aromatic rings. The largest absolute Gasteiger partial charge is 0.552 e. The number of hydrogen-bond donors (Lipinski definition) is 0. The van der Waals surface area contributed by atoms with Crippen LogP contribution in [0.1, 0.15) is 126 Å². The molecule has 0 spiro atoms. The molecular weight excluding hydrogens is 605 g/mol. The van der Waals surface area contributed by atoms with Crippen LogP contribution in [0.2, 0.25) is 4.66 Å². The molecule has 0 bridgehead atoms. The van der Waals surface area contributed by atoms with E-state index in [0.717, 1.165) is 31.6 Å². The molecule has 10 heteroatoms. The van der Waals surface area contributed by atoms with Crippen molar-refractivity contribution in [3.63, 3.8) is 0 Å². The summed E-state index contributed by atoms with van der Waals surface area (Å²) in [7, 11) is -4.13. The van der Waals surface area contributed by atoms with Crippen LogP contribution < -0.4 is 0 Å². The monoisotopic (exact) mass is 664 g/mol. The second-order valence-electron chi connectivity index (χ2n) is 13.4. The quantitative estimate of drug-likeness (QED) is 0.0980. The molecule has 0 heterocycles. The molecule has 2 rings (SSSR count). The topological polar surface area (TPSA) is 88.1 Å². The van der Waals surface area contributed by atoms with Gasteiger partial charge in [-0.05, 0) is 91.4 Å². The van der Waals surface area contributed by atoms with Gasteiger partial charge >= 0.3 is 0 Å². The highest BCUT2D eigenvalue weighted by Crippen LogP contribution is 2.59. The maximum absolute atomic E-state index is 12.0. The Balaban J connectivity index is 2.67. The van der Waals surface area contributed by atoms with Gasteiger partial charge in [0, 0.05) is 24.8 Å². The van der Waals surface area contributed by atoms with E-state index in [1.165, 1.54) is 44.9 Å². The first-order valence-electron chi connectivity index (χ1n) is 17.0. The standard InChI is InChI=1S/C34H60O7Si3/c1-9-11-13-30-15-17-31(18-16-30)32-14-12-19-33(38-20-10-2,42-39-27(6)21-24(3)35)34(32,43-40-28(7)22-25(4)36)44-41-29(8)23-26(5)37/h21-23,30-32H,9-20,42-44H2,1-8H3/t30-,31-,32?,33?,34?. The zero-order chi connectivity index (χ0) is 32.8. The smallest absolute Gasteiger partial charge is 0.250 e. The molecule has 0 aliphatic heterocycles. The highest BCUT2D eigenvalue weighted by molar-refractivity contribution is 6.60. The summed E-state index contributed by atoms with van der Waals surface area (Å²) in [5, 5.41) is -0.512. The number of carbonyl (C=O) groups is 3. The maximum Gasteiger partial charge on any atom is 0.250 e. The van der Waals surface area contributed by atoms with Crippen LogP contribution in [0.15, 0.2) is 35.5 Å². The van der Waals surface area contributed by atoms with Gasteiger partial charge in [-0.1, -0.05) is 52.4 Å². The van der Waals surface area contributed by atoms with Crippen molar-refractivity contribution >= 4 is 46.6 Å². The molecule has 7 nitrogen and oxygen atoms in total. The Bertz CT molecular complexity index is 1010. The number of unbranched alkanes of at least 4 members (excludes halogenated alkanes) is 1. The van der Waals surface area contributed by atoms with Crippen molar-refractivity contribution in [2.75, 3.05) is 6.61 Å². The second-order valence-corrected chi connectivity index (χ2v) is 19.8. The van der Waals surface area contributed by atoms with Gasteiger partial charge in [0.05, 0.1) is 27.2 Å². The lowest BCUT2D eigenvalue weighted by Crippen LogP contribution is -2.63. The van der Waals surface area contributed by atoms with Crippen molar-refractivity contribution in [2.24, 2.45) is 17.8 Å². The van der Waals surface area contributed by atoms with E-state index < -0.39 is 34.5 Å². The molecule has 0 saturated heterocycles. The summed E-state index contributed by atoms with van der Waals surface area (Å²) in [5.74, 6) is 3.61. The van der Waals surface area contributed by atoms with E-state index in [1.54, 1.807) is 39.0 Å². The van der Waals surface area contributed by atoms with Crippen LogP contribution >= 0.6 is 0 Å². The van der Waals surface area contributed by atoms with Gasteiger partial charge in [0.15, 0.2) is 17.3 Å². The van der Waals surface area contributed by atoms with Crippen LogP contribution in [-0.2, 0) is 32.4 Å². The van der Waals surface area contributed by atoms with Gasteiger partial charge in [-0.25, -0.2) is 0 Å². The fourth-order valence-electron chi connectivity index (χ4n) is 7.52. The first kappa shape index (κ1) is 38.4. The van der Waals surface area contributed by atoms with Gasteiger partial charge in [0.25, 0.3) is 9.76 Å². The predicted molar refractivity (Wildman–Crippen MR) is 186 cm³/mol. The third kappa shape index (κ3) is 11.6. The molecule has 250 valence electrons. The molecule has 0 N–H and O–H groups in total. The summed E-state index contributed by atoms with van der Waals surface area (Å²) in [4.78, 5) is 35.9. The van der Waals surface area contributed by atoms with E-state index in [2.05, 4.69) is 13.8 Å². The van der Waals surface area contributed by atoms with Crippen LogP contribution in [0, 0.1) is 17.8 Å². The van der Waals surface area contributed by atoms with Gasteiger partial charge in [-0.15, -0.1) is 0 Å². The molecule has 2 aliphatic rings. The van der Waals surface area contributed by atoms with E-state index >= 15 is 0 Å². The van der Waals surface area contributed by atoms with Crippen LogP contribution in [0.3, 0.4) is 0 Å². The molecule has 2 atom stereocenters. The predicted octanol–water partition coefficient (Wildman–Crippen LogP) is 5.80. The molecule has 2 aliphatic carbocycles. The summed E-state index contributed by atoms with van der Waals surface area (Å²) >= 11 is 0. The fraction of sp³-hybridized carbons (Fsp3) is 0.735. The van der Waals surface area contributed by atoms with E-state index in [9.17, 15) is 14.4 Å².